The minimum atomic E-state index is -0.308. The normalized spacial score (nSPS) is 20.9. The molecule has 4 heterocycles. The average molecular weight is 379 g/mol. The van der Waals surface area contributed by atoms with E-state index in [2.05, 4.69) is 14.9 Å². The molecule has 0 atom stereocenters. The molecular weight excluding hydrogens is 356 g/mol. The number of ether oxygens (including phenoxy) is 1. The number of anilines is 1. The number of rotatable bonds is 3. The minimum absolute atomic E-state index is 0.186. The smallest absolute Gasteiger partial charge is 0.225 e. The lowest BCUT2D eigenvalue weighted by Gasteiger charge is -2.40. The molecule has 4 rings (SSSR count). The Kier molecular flexibility index (Phi) is 4.75. The zero-order chi connectivity index (χ0) is 17.3. The van der Waals surface area contributed by atoms with Gasteiger partial charge in [0.15, 0.2) is 5.13 Å². The second-order valence-corrected chi connectivity index (χ2v) is 8.62. The van der Waals surface area contributed by atoms with Crippen LogP contribution in [0.2, 0.25) is 0 Å². The van der Waals surface area contributed by atoms with Crippen LogP contribution in [0.25, 0.3) is 0 Å². The molecule has 0 saturated carbocycles. The van der Waals surface area contributed by atoms with E-state index in [0.29, 0.717) is 26.1 Å². The van der Waals surface area contributed by atoms with Gasteiger partial charge >= 0.3 is 0 Å². The maximum absolute atomic E-state index is 12.8. The SMILES string of the molecule is Cc1nc(CN2CCOC3(CCN(c4nccs4)CC3)CC2=O)cs1. The van der Waals surface area contributed by atoms with Gasteiger partial charge in [-0.05, 0) is 19.8 Å². The van der Waals surface area contributed by atoms with Crippen molar-refractivity contribution in [2.75, 3.05) is 31.1 Å². The molecule has 0 aliphatic carbocycles. The molecule has 2 fully saturated rings. The molecule has 2 aliphatic rings. The van der Waals surface area contributed by atoms with Crippen LogP contribution < -0.4 is 4.90 Å². The number of amides is 1. The van der Waals surface area contributed by atoms with Gasteiger partial charge in [0.05, 0.1) is 35.9 Å². The Labute approximate surface area is 155 Å². The predicted octanol–water partition coefficient (Wildman–Crippen LogP) is 2.70. The van der Waals surface area contributed by atoms with Crippen LogP contribution >= 0.6 is 22.7 Å². The minimum Gasteiger partial charge on any atom is -0.372 e. The Morgan fingerprint density at radius 1 is 1.28 bits per heavy atom. The van der Waals surface area contributed by atoms with E-state index in [0.717, 1.165) is 41.8 Å². The summed E-state index contributed by atoms with van der Waals surface area (Å²) in [4.78, 5) is 25.9. The van der Waals surface area contributed by atoms with Gasteiger partial charge in [0, 0.05) is 36.6 Å². The van der Waals surface area contributed by atoms with Crippen LogP contribution in [0.4, 0.5) is 5.13 Å². The fourth-order valence-electron chi connectivity index (χ4n) is 3.58. The Bertz CT molecular complexity index is 723. The Morgan fingerprint density at radius 3 is 2.80 bits per heavy atom. The van der Waals surface area contributed by atoms with Gasteiger partial charge in [-0.3, -0.25) is 4.79 Å². The third-order valence-corrected chi connectivity index (χ3v) is 6.63. The Balaban J connectivity index is 1.39. The molecule has 8 heteroatoms. The van der Waals surface area contributed by atoms with E-state index in [9.17, 15) is 4.79 Å². The van der Waals surface area contributed by atoms with Crippen LogP contribution in [0.3, 0.4) is 0 Å². The van der Waals surface area contributed by atoms with Gasteiger partial charge in [0.25, 0.3) is 0 Å². The second kappa shape index (κ2) is 7.01. The van der Waals surface area contributed by atoms with Crippen molar-refractivity contribution in [1.82, 2.24) is 14.9 Å². The number of carbonyl (C=O) groups excluding carboxylic acids is 1. The van der Waals surface area contributed by atoms with Crippen molar-refractivity contribution >= 4 is 33.7 Å². The van der Waals surface area contributed by atoms with Gasteiger partial charge in [-0.2, -0.15) is 0 Å². The number of piperidine rings is 1. The van der Waals surface area contributed by atoms with Crippen LogP contribution in [0.1, 0.15) is 30.0 Å². The topological polar surface area (TPSA) is 58.6 Å². The van der Waals surface area contributed by atoms with Crippen molar-refractivity contribution in [1.29, 1.82) is 0 Å². The Hall–Kier alpha value is -1.51. The van der Waals surface area contributed by atoms with Crippen molar-refractivity contribution in [3.8, 4) is 0 Å². The number of carbonyl (C=O) groups is 1. The third kappa shape index (κ3) is 3.70. The molecule has 0 N–H and O–H groups in total. The van der Waals surface area contributed by atoms with E-state index in [1.807, 2.05) is 28.8 Å². The monoisotopic (exact) mass is 378 g/mol. The predicted molar refractivity (Wildman–Crippen MR) is 99.1 cm³/mol. The van der Waals surface area contributed by atoms with E-state index in [1.165, 1.54) is 0 Å². The lowest BCUT2D eigenvalue weighted by Crippen LogP contribution is -2.47. The summed E-state index contributed by atoms with van der Waals surface area (Å²) < 4.78 is 6.22. The fourth-order valence-corrected chi connectivity index (χ4v) is 4.88. The first kappa shape index (κ1) is 16.9. The number of aryl methyl sites for hydroxylation is 1. The standard InChI is InChI=1S/C17H22N4O2S2/c1-13-19-14(12-25-13)11-21-7-8-23-17(10-15(21)22)2-5-20(6-3-17)16-18-4-9-24-16/h4,9,12H,2-3,5-8,10-11H2,1H3. The van der Waals surface area contributed by atoms with Crippen LogP contribution in [-0.4, -0.2) is 52.6 Å². The van der Waals surface area contributed by atoms with E-state index < -0.39 is 0 Å². The van der Waals surface area contributed by atoms with Crippen LogP contribution in [0, 0.1) is 6.92 Å². The number of aromatic nitrogens is 2. The van der Waals surface area contributed by atoms with Crippen LogP contribution in [0.5, 0.6) is 0 Å². The lowest BCUT2D eigenvalue weighted by molar-refractivity contribution is -0.134. The average Bonchev–Trinajstić information content (AvgIpc) is 3.24. The van der Waals surface area contributed by atoms with E-state index in [1.54, 1.807) is 22.7 Å². The van der Waals surface area contributed by atoms with Gasteiger partial charge in [-0.15, -0.1) is 22.7 Å². The molecule has 0 unspecified atom stereocenters. The first-order valence-corrected chi connectivity index (χ1v) is 10.4. The molecule has 0 aromatic carbocycles. The zero-order valence-electron chi connectivity index (χ0n) is 14.3. The highest BCUT2D eigenvalue weighted by Gasteiger charge is 2.41. The molecule has 2 aromatic rings. The number of nitrogens with zero attached hydrogens (tertiary/aromatic N) is 4. The summed E-state index contributed by atoms with van der Waals surface area (Å²) in [5.41, 5.74) is 0.669. The van der Waals surface area contributed by atoms with Gasteiger partial charge in [-0.25, -0.2) is 9.97 Å². The summed E-state index contributed by atoms with van der Waals surface area (Å²) in [7, 11) is 0. The van der Waals surface area contributed by atoms with Crippen molar-refractivity contribution in [2.24, 2.45) is 0 Å². The highest BCUT2D eigenvalue weighted by molar-refractivity contribution is 7.13. The summed E-state index contributed by atoms with van der Waals surface area (Å²) in [5, 5.41) is 6.15. The molecule has 0 bridgehead atoms. The summed E-state index contributed by atoms with van der Waals surface area (Å²) in [6, 6.07) is 0. The molecule has 25 heavy (non-hydrogen) atoms. The van der Waals surface area contributed by atoms with E-state index >= 15 is 0 Å². The van der Waals surface area contributed by atoms with Gasteiger partial charge in [-0.1, -0.05) is 0 Å². The first-order valence-electron chi connectivity index (χ1n) is 8.61. The number of thiazole rings is 2. The maximum Gasteiger partial charge on any atom is 0.225 e. The molecule has 2 saturated heterocycles. The highest BCUT2D eigenvalue weighted by Crippen LogP contribution is 2.34. The maximum atomic E-state index is 12.8. The largest absolute Gasteiger partial charge is 0.372 e. The van der Waals surface area contributed by atoms with E-state index in [4.69, 9.17) is 4.74 Å². The molecule has 1 amide bonds. The van der Waals surface area contributed by atoms with E-state index in [-0.39, 0.29) is 11.5 Å². The van der Waals surface area contributed by atoms with Gasteiger partial charge in [0.2, 0.25) is 5.91 Å². The van der Waals surface area contributed by atoms with Crippen molar-refractivity contribution in [2.45, 2.75) is 38.3 Å². The summed E-state index contributed by atoms with van der Waals surface area (Å²) >= 11 is 3.29. The van der Waals surface area contributed by atoms with Gasteiger partial charge < -0.3 is 14.5 Å². The Morgan fingerprint density at radius 2 is 2.12 bits per heavy atom. The lowest BCUT2D eigenvalue weighted by atomic mass is 9.87. The first-order chi connectivity index (χ1) is 12.1. The van der Waals surface area contributed by atoms with Crippen molar-refractivity contribution in [3.63, 3.8) is 0 Å². The summed E-state index contributed by atoms with van der Waals surface area (Å²) in [6.45, 7) is 5.62. The number of hydrogen-bond donors (Lipinski definition) is 0. The molecule has 2 aromatic heterocycles. The van der Waals surface area contributed by atoms with Gasteiger partial charge in [0.1, 0.15) is 0 Å². The highest BCUT2D eigenvalue weighted by atomic mass is 32.1. The molecule has 1 spiro atoms. The molecule has 0 radical (unpaired) electrons. The molecule has 134 valence electrons. The summed E-state index contributed by atoms with van der Waals surface area (Å²) in [6.07, 6.45) is 4.07. The molecule has 2 aliphatic heterocycles. The van der Waals surface area contributed by atoms with Crippen LogP contribution in [0.15, 0.2) is 17.0 Å². The zero-order valence-corrected chi connectivity index (χ0v) is 15.9. The number of hydrogen-bond acceptors (Lipinski definition) is 7. The van der Waals surface area contributed by atoms with Crippen molar-refractivity contribution in [3.05, 3.63) is 27.7 Å². The fraction of sp³-hybridized carbons (Fsp3) is 0.588. The van der Waals surface area contributed by atoms with Crippen molar-refractivity contribution < 1.29 is 9.53 Å². The summed E-state index contributed by atoms with van der Waals surface area (Å²) in [5.74, 6) is 0.186. The second-order valence-electron chi connectivity index (χ2n) is 6.68. The molecular formula is C17H22N4O2S2. The van der Waals surface area contributed by atoms with Crippen LogP contribution in [-0.2, 0) is 16.1 Å². The molecule has 6 nitrogen and oxygen atoms in total. The third-order valence-electron chi connectivity index (χ3n) is 4.98. The quantitative estimate of drug-likeness (QED) is 0.822.